The van der Waals surface area contributed by atoms with Gasteiger partial charge in [-0.3, -0.25) is 40.5 Å². The molecule has 0 atom stereocenters. The summed E-state index contributed by atoms with van der Waals surface area (Å²) in [5, 5.41) is 47.4. The number of rotatable bonds is 9. The van der Waals surface area contributed by atoms with Crippen LogP contribution in [0.15, 0.2) is 54.6 Å². The minimum atomic E-state index is -2.31. The lowest BCUT2D eigenvalue weighted by molar-refractivity contribution is -0.752. The van der Waals surface area contributed by atoms with E-state index in [9.17, 15) is 40.5 Å². The average molecular weight is 506 g/mol. The zero-order valence-electron chi connectivity index (χ0n) is 20.5. The second kappa shape index (κ2) is 10.5. The number of benzene rings is 3. The first-order valence-electron chi connectivity index (χ1n) is 11.2. The molecular formula is C24H23BN4O8. The number of hydrogen-bond donors (Lipinski definition) is 0. The Hall–Kier alpha value is -4.68. The van der Waals surface area contributed by atoms with Gasteiger partial charge in [0, 0.05) is 0 Å². The van der Waals surface area contributed by atoms with Crippen LogP contribution in [0.1, 0.15) is 45.7 Å². The van der Waals surface area contributed by atoms with Crippen LogP contribution in [0.4, 0.5) is 0 Å². The quantitative estimate of drug-likeness (QED) is 0.184. The zero-order chi connectivity index (χ0) is 27.6. The molecular weight excluding hydrogens is 483 g/mol. The van der Waals surface area contributed by atoms with Crippen LogP contribution in [0.25, 0.3) is 0 Å². The molecule has 3 aromatic rings. The molecule has 0 aliphatic heterocycles. The van der Waals surface area contributed by atoms with Crippen molar-refractivity contribution >= 4 is 23.1 Å². The van der Waals surface area contributed by atoms with Crippen molar-refractivity contribution in [2.24, 2.45) is 0 Å². The van der Waals surface area contributed by atoms with Crippen LogP contribution in [-0.4, -0.2) is 26.4 Å². The van der Waals surface area contributed by atoms with Gasteiger partial charge in [-0.05, 0) is 50.8 Å². The molecule has 0 aliphatic rings. The van der Waals surface area contributed by atoms with Crippen LogP contribution < -0.4 is 16.4 Å². The normalized spacial score (nSPS) is 11.0. The lowest BCUT2D eigenvalue weighted by Crippen LogP contribution is -2.57. The lowest BCUT2D eigenvalue weighted by Gasteiger charge is -2.25. The van der Waals surface area contributed by atoms with Crippen molar-refractivity contribution in [3.63, 3.8) is 0 Å². The standard InChI is InChI=1S/C24H23BN4O8/c1-14-10-16(3)21(19(12-14)23(26(30)31)27(32)33)25(18-8-6-5-7-9-18)22-17(4)11-15(2)13-20(22)24(28(34)35)29(36)37/h5-13,23-24H,1-4H3. The molecule has 190 valence electrons. The summed E-state index contributed by atoms with van der Waals surface area (Å²) in [5.74, 6) is 0. The Balaban J connectivity index is 2.56. The summed E-state index contributed by atoms with van der Waals surface area (Å²) in [6, 6.07) is 14.6. The van der Waals surface area contributed by atoms with Gasteiger partial charge in [0.05, 0.1) is 11.1 Å². The molecule has 0 saturated heterocycles. The monoisotopic (exact) mass is 506 g/mol. The minimum absolute atomic E-state index is 0.189. The van der Waals surface area contributed by atoms with E-state index < -0.39 is 38.7 Å². The highest BCUT2D eigenvalue weighted by molar-refractivity contribution is 6.96. The second-order valence-corrected chi connectivity index (χ2v) is 8.90. The average Bonchev–Trinajstić information content (AvgIpc) is 2.76. The summed E-state index contributed by atoms with van der Waals surface area (Å²) < 4.78 is 0. The molecule has 0 bridgehead atoms. The van der Waals surface area contributed by atoms with E-state index in [-0.39, 0.29) is 22.1 Å². The molecule has 0 aliphatic carbocycles. The van der Waals surface area contributed by atoms with Gasteiger partial charge in [-0.2, -0.15) is 0 Å². The molecule has 0 spiro atoms. The Morgan fingerprint density at radius 1 is 0.595 bits per heavy atom. The zero-order valence-corrected chi connectivity index (χ0v) is 20.5. The van der Waals surface area contributed by atoms with E-state index in [4.69, 9.17) is 0 Å². The highest BCUT2D eigenvalue weighted by atomic mass is 16.7. The van der Waals surface area contributed by atoms with Gasteiger partial charge in [0.15, 0.2) is 0 Å². The Bertz CT molecular complexity index is 1300. The molecule has 0 amide bonds. The maximum Gasteiger partial charge on any atom is 0.476 e. The van der Waals surface area contributed by atoms with Gasteiger partial charge in [-0.25, -0.2) is 0 Å². The summed E-state index contributed by atoms with van der Waals surface area (Å²) >= 11 is 0. The van der Waals surface area contributed by atoms with Crippen molar-refractivity contribution < 1.29 is 19.7 Å². The molecule has 12 nitrogen and oxygen atoms in total. The molecule has 0 radical (unpaired) electrons. The third-order valence-corrected chi connectivity index (χ3v) is 6.19. The molecule has 37 heavy (non-hydrogen) atoms. The minimum Gasteiger partial charge on any atom is -0.258 e. The largest absolute Gasteiger partial charge is 0.476 e. The summed E-state index contributed by atoms with van der Waals surface area (Å²) in [6.45, 7) is 5.57. The number of nitro groups is 4. The molecule has 0 N–H and O–H groups in total. The lowest BCUT2D eigenvalue weighted by atomic mass is 9.34. The predicted molar refractivity (Wildman–Crippen MR) is 136 cm³/mol. The fourth-order valence-electron chi connectivity index (χ4n) is 4.97. The van der Waals surface area contributed by atoms with Crippen molar-refractivity contribution in [1.82, 2.24) is 0 Å². The van der Waals surface area contributed by atoms with Crippen molar-refractivity contribution in [1.29, 1.82) is 0 Å². The Morgan fingerprint density at radius 2 is 0.946 bits per heavy atom. The molecule has 0 saturated carbocycles. The van der Waals surface area contributed by atoms with E-state index in [0.29, 0.717) is 27.7 Å². The SMILES string of the molecule is Cc1cc(C)c(B(c2ccccc2)c2c(C)cc(C)cc2C([N+](=O)[O-])[N+](=O)[O-])c(C([N+](=O)[O-])[N+](=O)[O-])c1. The van der Waals surface area contributed by atoms with E-state index in [1.165, 1.54) is 12.1 Å². The topological polar surface area (TPSA) is 173 Å². The van der Waals surface area contributed by atoms with E-state index in [2.05, 4.69) is 0 Å². The van der Waals surface area contributed by atoms with Gasteiger partial charge in [-0.15, -0.1) is 0 Å². The molecule has 0 fully saturated rings. The van der Waals surface area contributed by atoms with Crippen LogP contribution in [0.3, 0.4) is 0 Å². The van der Waals surface area contributed by atoms with Gasteiger partial charge >= 0.3 is 12.3 Å². The summed E-state index contributed by atoms with van der Waals surface area (Å²) in [7, 11) is 0. The van der Waals surface area contributed by atoms with Gasteiger partial charge in [0.25, 0.3) is 0 Å². The molecule has 0 unspecified atom stereocenters. The van der Waals surface area contributed by atoms with Crippen molar-refractivity contribution in [3.8, 4) is 0 Å². The predicted octanol–water partition coefficient (Wildman–Crippen LogP) is 2.54. The van der Waals surface area contributed by atoms with Crippen molar-refractivity contribution in [2.45, 2.75) is 40.0 Å². The Labute approximate surface area is 211 Å². The van der Waals surface area contributed by atoms with E-state index in [0.717, 1.165) is 0 Å². The van der Waals surface area contributed by atoms with Gasteiger partial charge < -0.3 is 0 Å². The highest BCUT2D eigenvalue weighted by Crippen LogP contribution is 2.24. The summed E-state index contributed by atoms with van der Waals surface area (Å²) in [5.41, 5.74) is 2.58. The second-order valence-electron chi connectivity index (χ2n) is 8.90. The fraction of sp³-hybridized carbons (Fsp3) is 0.250. The van der Waals surface area contributed by atoms with Crippen LogP contribution in [0.5, 0.6) is 0 Å². The molecule has 13 heteroatoms. The van der Waals surface area contributed by atoms with Crippen LogP contribution in [0, 0.1) is 68.2 Å². The van der Waals surface area contributed by atoms with Gasteiger partial charge in [0.1, 0.15) is 19.7 Å². The maximum absolute atomic E-state index is 11.9. The summed E-state index contributed by atoms with van der Waals surface area (Å²) in [6.07, 6.45) is -4.62. The fourth-order valence-corrected chi connectivity index (χ4v) is 4.97. The van der Waals surface area contributed by atoms with Crippen molar-refractivity contribution in [2.75, 3.05) is 0 Å². The first-order chi connectivity index (χ1) is 17.3. The number of hydrogen-bond acceptors (Lipinski definition) is 8. The number of aryl methyl sites for hydroxylation is 4. The van der Waals surface area contributed by atoms with Crippen molar-refractivity contribution in [3.05, 3.63) is 128 Å². The van der Waals surface area contributed by atoms with E-state index in [1.807, 2.05) is 0 Å². The number of nitrogens with zero attached hydrogens (tertiary/aromatic N) is 4. The maximum atomic E-state index is 11.9. The first-order valence-corrected chi connectivity index (χ1v) is 11.2. The van der Waals surface area contributed by atoms with Crippen LogP contribution in [-0.2, 0) is 0 Å². The van der Waals surface area contributed by atoms with Gasteiger partial charge in [-0.1, -0.05) is 70.2 Å². The van der Waals surface area contributed by atoms with Gasteiger partial charge in [0.2, 0.25) is 6.71 Å². The summed E-state index contributed by atoms with van der Waals surface area (Å²) in [4.78, 5) is 43.4. The van der Waals surface area contributed by atoms with Crippen LogP contribution in [0.2, 0.25) is 0 Å². The molecule has 3 rings (SSSR count). The smallest absolute Gasteiger partial charge is 0.258 e. The molecule has 0 aromatic heterocycles. The Kier molecular flexibility index (Phi) is 7.66. The van der Waals surface area contributed by atoms with E-state index in [1.54, 1.807) is 70.2 Å². The third kappa shape index (κ3) is 5.30. The third-order valence-electron chi connectivity index (χ3n) is 6.19. The molecule has 0 heterocycles. The highest BCUT2D eigenvalue weighted by Gasteiger charge is 2.45. The molecule has 3 aromatic carbocycles. The van der Waals surface area contributed by atoms with E-state index >= 15 is 0 Å². The van der Waals surface area contributed by atoms with Crippen LogP contribution >= 0.6 is 0 Å². The first kappa shape index (κ1) is 26.9. The Morgan fingerprint density at radius 3 is 1.27 bits per heavy atom.